The minimum atomic E-state index is 0.745. The van der Waals surface area contributed by atoms with Gasteiger partial charge in [0, 0.05) is 6.04 Å². The molecule has 0 radical (unpaired) electrons. The van der Waals surface area contributed by atoms with E-state index in [0.29, 0.717) is 0 Å². The molecule has 0 unspecified atom stereocenters. The van der Waals surface area contributed by atoms with Crippen molar-refractivity contribution >= 4 is 15.9 Å². The van der Waals surface area contributed by atoms with Crippen molar-refractivity contribution in [3.63, 3.8) is 0 Å². The van der Waals surface area contributed by atoms with E-state index in [2.05, 4.69) is 21.2 Å². The predicted molar refractivity (Wildman–Crippen MR) is 74.1 cm³/mol. The molecule has 4 bridgehead atoms. The van der Waals surface area contributed by atoms with Gasteiger partial charge >= 0.3 is 0 Å². The first-order valence-electron chi connectivity index (χ1n) is 7.25. The second kappa shape index (κ2) is 4.38. The first-order valence-corrected chi connectivity index (χ1v) is 8.04. The van der Waals surface area contributed by atoms with Crippen molar-refractivity contribution in [3.05, 3.63) is 22.6 Å². The van der Waals surface area contributed by atoms with Crippen LogP contribution in [0.2, 0.25) is 0 Å². The van der Waals surface area contributed by atoms with Crippen LogP contribution in [0.15, 0.2) is 21.2 Å². The summed E-state index contributed by atoms with van der Waals surface area (Å²) in [6.07, 6.45) is 9.20. The second-order valence-corrected chi connectivity index (χ2v) is 7.38. The van der Waals surface area contributed by atoms with Crippen LogP contribution in [0, 0.1) is 23.7 Å². The maximum atomic E-state index is 5.50. The van der Waals surface area contributed by atoms with Gasteiger partial charge in [0.2, 0.25) is 0 Å². The monoisotopic (exact) mass is 309 g/mol. The number of hydrogen-bond donors (Lipinski definition) is 1. The Morgan fingerprint density at radius 3 is 2.33 bits per heavy atom. The molecule has 0 aliphatic heterocycles. The highest BCUT2D eigenvalue weighted by molar-refractivity contribution is 9.10. The predicted octanol–water partition coefficient (Wildman–Crippen LogP) is 3.96. The molecule has 1 aromatic heterocycles. The van der Waals surface area contributed by atoms with Crippen LogP contribution >= 0.6 is 15.9 Å². The largest absolute Gasteiger partial charge is 0.467 e. The Kier molecular flexibility index (Phi) is 2.81. The van der Waals surface area contributed by atoms with Gasteiger partial charge in [-0.2, -0.15) is 0 Å². The summed E-state index contributed by atoms with van der Waals surface area (Å²) in [5, 5.41) is 3.78. The first kappa shape index (κ1) is 11.5. The fourth-order valence-corrected chi connectivity index (χ4v) is 5.26. The SMILES string of the molecule is Brc1ccoc1CNC1C2CC3CC(C2)CC1C3. The fraction of sp³-hybridized carbons (Fsp3) is 0.733. The van der Waals surface area contributed by atoms with Gasteiger partial charge in [0.05, 0.1) is 17.3 Å². The summed E-state index contributed by atoms with van der Waals surface area (Å²) >= 11 is 3.54. The van der Waals surface area contributed by atoms with Crippen LogP contribution in [-0.2, 0) is 6.54 Å². The molecule has 18 heavy (non-hydrogen) atoms. The van der Waals surface area contributed by atoms with E-state index in [1.54, 1.807) is 6.26 Å². The Balaban J connectivity index is 1.45. The molecule has 4 aliphatic carbocycles. The van der Waals surface area contributed by atoms with Crippen LogP contribution in [0.3, 0.4) is 0 Å². The summed E-state index contributed by atoms with van der Waals surface area (Å²) in [7, 11) is 0. The van der Waals surface area contributed by atoms with Gasteiger partial charge in [0.25, 0.3) is 0 Å². The Labute approximate surface area is 117 Å². The minimum Gasteiger partial charge on any atom is -0.467 e. The third-order valence-electron chi connectivity index (χ3n) is 5.42. The molecule has 0 spiro atoms. The lowest BCUT2D eigenvalue weighted by atomic mass is 9.54. The molecule has 0 amide bonds. The Morgan fingerprint density at radius 2 is 1.78 bits per heavy atom. The van der Waals surface area contributed by atoms with E-state index in [1.807, 2.05) is 6.07 Å². The maximum absolute atomic E-state index is 5.50. The van der Waals surface area contributed by atoms with Gasteiger partial charge in [-0.3, -0.25) is 0 Å². The van der Waals surface area contributed by atoms with Crippen molar-refractivity contribution in [2.24, 2.45) is 23.7 Å². The molecule has 4 saturated carbocycles. The smallest absolute Gasteiger partial charge is 0.131 e. The van der Waals surface area contributed by atoms with Gasteiger partial charge in [-0.05, 0) is 77.8 Å². The molecule has 1 aromatic rings. The molecule has 98 valence electrons. The third-order valence-corrected chi connectivity index (χ3v) is 6.12. The van der Waals surface area contributed by atoms with Crippen molar-refractivity contribution in [1.82, 2.24) is 5.32 Å². The van der Waals surface area contributed by atoms with Gasteiger partial charge < -0.3 is 9.73 Å². The van der Waals surface area contributed by atoms with Crippen molar-refractivity contribution in [2.45, 2.75) is 44.7 Å². The first-order chi connectivity index (χ1) is 8.79. The van der Waals surface area contributed by atoms with Crippen LogP contribution in [-0.4, -0.2) is 6.04 Å². The van der Waals surface area contributed by atoms with Crippen LogP contribution in [0.1, 0.15) is 37.9 Å². The molecule has 0 atom stereocenters. The average Bonchev–Trinajstić information content (AvgIpc) is 2.73. The zero-order chi connectivity index (χ0) is 12.1. The van der Waals surface area contributed by atoms with E-state index in [9.17, 15) is 0 Å². The van der Waals surface area contributed by atoms with Gasteiger partial charge in [-0.25, -0.2) is 0 Å². The van der Waals surface area contributed by atoms with Gasteiger partial charge in [0.1, 0.15) is 5.76 Å². The Bertz CT molecular complexity index is 413. The van der Waals surface area contributed by atoms with Gasteiger partial charge in [-0.15, -0.1) is 0 Å². The van der Waals surface area contributed by atoms with Crippen LogP contribution in [0.5, 0.6) is 0 Å². The molecular weight excluding hydrogens is 290 g/mol. The molecule has 3 heteroatoms. The average molecular weight is 310 g/mol. The summed E-state index contributed by atoms with van der Waals surface area (Å²) in [5.74, 6) is 5.04. The number of nitrogens with one attached hydrogen (secondary N) is 1. The van der Waals surface area contributed by atoms with E-state index in [0.717, 1.165) is 46.5 Å². The molecule has 2 nitrogen and oxygen atoms in total. The molecule has 1 heterocycles. The van der Waals surface area contributed by atoms with E-state index in [-0.39, 0.29) is 0 Å². The highest BCUT2D eigenvalue weighted by atomic mass is 79.9. The van der Waals surface area contributed by atoms with E-state index in [1.165, 1.54) is 32.1 Å². The molecule has 1 N–H and O–H groups in total. The molecule has 0 saturated heterocycles. The summed E-state index contributed by atoms with van der Waals surface area (Å²) in [6.45, 7) is 0.876. The van der Waals surface area contributed by atoms with Crippen LogP contribution in [0.25, 0.3) is 0 Å². The lowest BCUT2D eigenvalue weighted by molar-refractivity contribution is -0.0148. The van der Waals surface area contributed by atoms with Crippen molar-refractivity contribution in [2.75, 3.05) is 0 Å². The Morgan fingerprint density at radius 1 is 1.11 bits per heavy atom. The molecular formula is C15H20BrNO. The van der Waals surface area contributed by atoms with E-state index in [4.69, 9.17) is 4.42 Å². The highest BCUT2D eigenvalue weighted by Crippen LogP contribution is 2.53. The lowest BCUT2D eigenvalue weighted by Crippen LogP contribution is -2.54. The number of hydrogen-bond acceptors (Lipinski definition) is 2. The summed E-state index contributed by atoms with van der Waals surface area (Å²) in [5.41, 5.74) is 0. The molecule has 4 aliphatic rings. The van der Waals surface area contributed by atoms with Crippen LogP contribution in [0.4, 0.5) is 0 Å². The van der Waals surface area contributed by atoms with E-state index < -0.39 is 0 Å². The number of furan rings is 1. The molecule has 5 rings (SSSR count). The van der Waals surface area contributed by atoms with Crippen molar-refractivity contribution in [1.29, 1.82) is 0 Å². The standard InChI is InChI=1S/C15H20BrNO/c16-13-1-2-18-14(13)8-17-15-11-4-9-3-10(6-11)7-12(15)5-9/h1-2,9-12,15,17H,3-8H2. The summed E-state index contributed by atoms with van der Waals surface area (Å²) in [4.78, 5) is 0. The summed E-state index contributed by atoms with van der Waals surface area (Å²) in [6, 6.07) is 2.73. The van der Waals surface area contributed by atoms with E-state index >= 15 is 0 Å². The second-order valence-electron chi connectivity index (χ2n) is 6.53. The zero-order valence-corrected chi connectivity index (χ0v) is 12.2. The maximum Gasteiger partial charge on any atom is 0.131 e. The quantitative estimate of drug-likeness (QED) is 0.914. The normalized spacial score (nSPS) is 41.5. The fourth-order valence-electron chi connectivity index (χ4n) is 4.92. The number of rotatable bonds is 3. The van der Waals surface area contributed by atoms with Crippen molar-refractivity contribution in [3.8, 4) is 0 Å². The molecule has 0 aromatic carbocycles. The topological polar surface area (TPSA) is 25.2 Å². The Hall–Kier alpha value is -0.280. The lowest BCUT2D eigenvalue weighted by Gasteiger charge is -2.54. The minimum absolute atomic E-state index is 0.745. The number of halogens is 1. The van der Waals surface area contributed by atoms with Crippen LogP contribution < -0.4 is 5.32 Å². The summed E-state index contributed by atoms with van der Waals surface area (Å²) < 4.78 is 6.59. The highest BCUT2D eigenvalue weighted by Gasteiger charge is 2.47. The third kappa shape index (κ3) is 1.87. The van der Waals surface area contributed by atoms with Gasteiger partial charge in [-0.1, -0.05) is 0 Å². The van der Waals surface area contributed by atoms with Crippen molar-refractivity contribution < 1.29 is 4.42 Å². The van der Waals surface area contributed by atoms with Gasteiger partial charge in [0.15, 0.2) is 0 Å². The zero-order valence-electron chi connectivity index (χ0n) is 10.6. The molecule has 4 fully saturated rings.